The summed E-state index contributed by atoms with van der Waals surface area (Å²) in [6.07, 6.45) is 1.29. The molecule has 2 amide bonds. The number of halogens is 2. The van der Waals surface area contributed by atoms with Crippen molar-refractivity contribution in [2.75, 3.05) is 26.2 Å². The summed E-state index contributed by atoms with van der Waals surface area (Å²) in [5.41, 5.74) is 0.681. The van der Waals surface area contributed by atoms with E-state index in [-0.39, 0.29) is 17.2 Å². The first-order valence-electron chi connectivity index (χ1n) is 7.59. The van der Waals surface area contributed by atoms with E-state index in [2.05, 4.69) is 11.6 Å². The fourth-order valence-corrected chi connectivity index (χ4v) is 3.57. The molecule has 0 radical (unpaired) electrons. The summed E-state index contributed by atoms with van der Waals surface area (Å²) in [4.78, 5) is 30.2. The lowest BCUT2D eigenvalue weighted by Crippen LogP contribution is -2.73. The van der Waals surface area contributed by atoms with E-state index in [0.717, 1.165) is 12.1 Å². The highest BCUT2D eigenvalue weighted by molar-refractivity contribution is 5.98. The summed E-state index contributed by atoms with van der Waals surface area (Å²) in [6.45, 7) is 5.87. The number of rotatable bonds is 2. The molecule has 4 rings (SSSR count). The number of amides is 2. The second kappa shape index (κ2) is 4.90. The van der Waals surface area contributed by atoms with Gasteiger partial charge in [-0.3, -0.25) is 9.59 Å². The molecule has 0 atom stereocenters. The van der Waals surface area contributed by atoms with Crippen LogP contribution >= 0.6 is 0 Å². The minimum atomic E-state index is -0.951. The van der Waals surface area contributed by atoms with Crippen molar-refractivity contribution in [1.82, 2.24) is 14.8 Å². The Bertz CT molecular complexity index is 836. The topological polar surface area (TPSA) is 56.4 Å². The third kappa shape index (κ3) is 2.11. The van der Waals surface area contributed by atoms with Crippen LogP contribution < -0.4 is 0 Å². The lowest BCUT2D eigenvalue weighted by Gasteiger charge is -2.59. The number of nitrogens with zero attached hydrogens (tertiary/aromatic N) is 2. The van der Waals surface area contributed by atoms with Gasteiger partial charge in [-0.25, -0.2) is 8.78 Å². The first-order valence-corrected chi connectivity index (χ1v) is 7.59. The number of likely N-dealkylation sites (tertiary alicyclic amines) is 2. The van der Waals surface area contributed by atoms with E-state index in [4.69, 9.17) is 0 Å². The molecule has 5 nitrogen and oxygen atoms in total. The number of carbonyl (C=O) groups excluding carboxylic acids is 2. The zero-order valence-electron chi connectivity index (χ0n) is 12.8. The van der Waals surface area contributed by atoms with E-state index in [1.807, 2.05) is 0 Å². The summed E-state index contributed by atoms with van der Waals surface area (Å²) in [5.74, 6) is -2.19. The van der Waals surface area contributed by atoms with Crippen molar-refractivity contribution in [3.8, 4) is 0 Å². The van der Waals surface area contributed by atoms with Crippen LogP contribution in [0.4, 0.5) is 8.78 Å². The second-order valence-electron chi connectivity index (χ2n) is 6.60. The van der Waals surface area contributed by atoms with Crippen LogP contribution in [0.1, 0.15) is 10.5 Å². The normalized spacial score (nSPS) is 18.4. The quantitative estimate of drug-likeness (QED) is 0.855. The summed E-state index contributed by atoms with van der Waals surface area (Å²) >= 11 is 0. The average molecular weight is 331 g/mol. The molecule has 1 aromatic heterocycles. The molecule has 2 saturated heterocycles. The van der Waals surface area contributed by atoms with Crippen LogP contribution in [0.15, 0.2) is 30.9 Å². The largest absolute Gasteiger partial charge is 0.350 e. The van der Waals surface area contributed by atoms with Crippen LogP contribution in [-0.2, 0) is 4.79 Å². The molecule has 24 heavy (non-hydrogen) atoms. The highest BCUT2D eigenvalue weighted by Crippen LogP contribution is 2.40. The van der Waals surface area contributed by atoms with Crippen molar-refractivity contribution in [1.29, 1.82) is 0 Å². The summed E-state index contributed by atoms with van der Waals surface area (Å²) in [7, 11) is 0. The van der Waals surface area contributed by atoms with E-state index in [0.29, 0.717) is 42.8 Å². The first-order chi connectivity index (χ1) is 11.4. The van der Waals surface area contributed by atoms with Crippen LogP contribution in [0.2, 0.25) is 0 Å². The van der Waals surface area contributed by atoms with Gasteiger partial charge >= 0.3 is 0 Å². The van der Waals surface area contributed by atoms with E-state index < -0.39 is 11.6 Å². The van der Waals surface area contributed by atoms with Crippen LogP contribution in [0.3, 0.4) is 0 Å². The van der Waals surface area contributed by atoms with Crippen molar-refractivity contribution in [2.24, 2.45) is 5.41 Å². The number of nitrogens with one attached hydrogen (secondary N) is 1. The third-order valence-electron chi connectivity index (χ3n) is 4.77. The number of benzene rings is 1. The average Bonchev–Trinajstić information content (AvgIpc) is 2.87. The minimum Gasteiger partial charge on any atom is -0.350 e. The molecule has 7 heteroatoms. The number of hydrogen-bond donors (Lipinski definition) is 1. The second-order valence-corrected chi connectivity index (χ2v) is 6.60. The van der Waals surface area contributed by atoms with Gasteiger partial charge in [-0.15, -0.1) is 0 Å². The van der Waals surface area contributed by atoms with Crippen LogP contribution in [0.25, 0.3) is 10.9 Å². The van der Waals surface area contributed by atoms with Crippen molar-refractivity contribution in [2.45, 2.75) is 0 Å². The third-order valence-corrected chi connectivity index (χ3v) is 4.77. The van der Waals surface area contributed by atoms with Gasteiger partial charge in [0.15, 0.2) is 11.6 Å². The predicted octanol–water partition coefficient (Wildman–Crippen LogP) is 1.92. The molecule has 0 aliphatic carbocycles. The van der Waals surface area contributed by atoms with E-state index in [1.54, 1.807) is 9.80 Å². The number of aromatic nitrogens is 1. The Balaban J connectivity index is 1.45. The van der Waals surface area contributed by atoms with Gasteiger partial charge in [0.1, 0.15) is 5.69 Å². The van der Waals surface area contributed by atoms with Gasteiger partial charge in [-0.05, 0) is 18.2 Å². The van der Waals surface area contributed by atoms with Gasteiger partial charge in [0, 0.05) is 48.6 Å². The maximum atomic E-state index is 13.3. The standard InChI is InChI=1S/C17H15F2N3O2/c1-2-15(23)21-6-17(7-21)8-22(9-17)16(24)14-4-10-3-11(18)12(19)5-13(10)20-14/h2-5,20H,1,6-9H2. The lowest BCUT2D eigenvalue weighted by molar-refractivity contribution is -0.149. The van der Waals surface area contributed by atoms with Gasteiger partial charge in [0.05, 0.1) is 0 Å². The molecule has 1 aromatic carbocycles. The molecule has 2 fully saturated rings. The maximum absolute atomic E-state index is 13.3. The van der Waals surface area contributed by atoms with Gasteiger partial charge < -0.3 is 14.8 Å². The molecule has 1 spiro atoms. The molecule has 0 saturated carbocycles. The Hall–Kier alpha value is -2.70. The van der Waals surface area contributed by atoms with Crippen LogP contribution in [0.5, 0.6) is 0 Å². The number of H-pyrrole nitrogens is 1. The van der Waals surface area contributed by atoms with Crippen LogP contribution in [-0.4, -0.2) is 52.8 Å². The SMILES string of the molecule is C=CC(=O)N1CC2(C1)CN(C(=O)c1cc3cc(F)c(F)cc3[nH]1)C2. The zero-order chi connectivity index (χ0) is 17.1. The molecule has 1 N–H and O–H groups in total. The number of hydrogen-bond acceptors (Lipinski definition) is 2. The molecule has 0 bridgehead atoms. The monoisotopic (exact) mass is 331 g/mol. The van der Waals surface area contributed by atoms with Crippen molar-refractivity contribution in [3.63, 3.8) is 0 Å². The van der Waals surface area contributed by atoms with Crippen molar-refractivity contribution in [3.05, 3.63) is 48.2 Å². The molecule has 2 aliphatic heterocycles. The maximum Gasteiger partial charge on any atom is 0.270 e. The molecule has 2 aliphatic rings. The van der Waals surface area contributed by atoms with E-state index in [1.165, 1.54) is 12.1 Å². The van der Waals surface area contributed by atoms with Gasteiger partial charge in [0.2, 0.25) is 5.91 Å². The summed E-state index contributed by atoms with van der Waals surface area (Å²) < 4.78 is 26.5. The lowest BCUT2D eigenvalue weighted by atomic mass is 9.72. The molecule has 124 valence electrons. The van der Waals surface area contributed by atoms with Crippen LogP contribution in [0, 0.1) is 17.0 Å². The first kappa shape index (κ1) is 14.9. The van der Waals surface area contributed by atoms with E-state index >= 15 is 0 Å². The Labute approximate surface area is 136 Å². The number of carbonyl (C=O) groups is 2. The fourth-order valence-electron chi connectivity index (χ4n) is 3.57. The van der Waals surface area contributed by atoms with E-state index in [9.17, 15) is 18.4 Å². The van der Waals surface area contributed by atoms with Crippen molar-refractivity contribution < 1.29 is 18.4 Å². The molecule has 3 heterocycles. The van der Waals surface area contributed by atoms with Gasteiger partial charge in [0.25, 0.3) is 5.91 Å². The zero-order valence-corrected chi connectivity index (χ0v) is 12.8. The highest BCUT2D eigenvalue weighted by atomic mass is 19.2. The predicted molar refractivity (Wildman–Crippen MR) is 83.3 cm³/mol. The van der Waals surface area contributed by atoms with Gasteiger partial charge in [-0.1, -0.05) is 6.58 Å². The van der Waals surface area contributed by atoms with Gasteiger partial charge in [-0.2, -0.15) is 0 Å². The fraction of sp³-hybridized carbons (Fsp3) is 0.294. The Kier molecular flexibility index (Phi) is 3.03. The van der Waals surface area contributed by atoms with Crippen molar-refractivity contribution >= 4 is 22.7 Å². The summed E-state index contributed by atoms with van der Waals surface area (Å²) in [6, 6.07) is 3.64. The minimum absolute atomic E-state index is 0.0153. The molecular formula is C17H15F2N3O2. The highest BCUT2D eigenvalue weighted by Gasteiger charge is 2.54. The summed E-state index contributed by atoms with van der Waals surface area (Å²) in [5, 5.41) is 0.457. The Morgan fingerprint density at radius 3 is 2.38 bits per heavy atom. The Morgan fingerprint density at radius 1 is 1.08 bits per heavy atom. The number of aromatic amines is 1. The number of fused-ring (bicyclic) bond motifs is 1. The molecule has 0 unspecified atom stereocenters. The smallest absolute Gasteiger partial charge is 0.270 e. The molecule has 2 aromatic rings. The Morgan fingerprint density at radius 2 is 1.71 bits per heavy atom. The molecular weight excluding hydrogens is 316 g/mol.